The third kappa shape index (κ3) is 4.29. The van der Waals surface area contributed by atoms with Crippen molar-refractivity contribution in [1.82, 2.24) is 10.2 Å². The summed E-state index contributed by atoms with van der Waals surface area (Å²) in [5, 5.41) is 12.0. The fourth-order valence-corrected chi connectivity index (χ4v) is 6.01. The van der Waals surface area contributed by atoms with E-state index in [2.05, 4.69) is 40.5 Å². The number of hydrogen-bond acceptors (Lipinski definition) is 5. The molecule has 4 heterocycles. The van der Waals surface area contributed by atoms with Crippen molar-refractivity contribution in [3.63, 3.8) is 0 Å². The molecule has 0 unspecified atom stereocenters. The highest BCUT2D eigenvalue weighted by Gasteiger charge is 2.62. The normalized spacial score (nSPS) is 29.1. The Bertz CT molecular complexity index is 844. The van der Waals surface area contributed by atoms with Crippen molar-refractivity contribution >= 4 is 23.7 Å². The maximum Gasteiger partial charge on any atom is 0.290 e. The Labute approximate surface area is 180 Å². The van der Waals surface area contributed by atoms with Crippen LogP contribution in [-0.2, 0) is 16.0 Å². The van der Waals surface area contributed by atoms with Crippen molar-refractivity contribution in [1.29, 1.82) is 0 Å². The first-order valence-electron chi connectivity index (χ1n) is 10.5. The maximum absolute atomic E-state index is 12.3. The second-order valence-corrected chi connectivity index (χ2v) is 9.24. The van der Waals surface area contributed by atoms with Crippen molar-refractivity contribution in [3.05, 3.63) is 58.3 Å². The number of rotatable bonds is 6. The van der Waals surface area contributed by atoms with E-state index in [4.69, 9.17) is 14.6 Å². The zero-order valence-electron chi connectivity index (χ0n) is 16.9. The SMILES string of the molecule is O=C(NC[C@H]1[C@H]2CN(CCc3ccccc3)C[C@]23CC[C@H]1O3)c1cccs1.O=CO. The van der Waals surface area contributed by atoms with Crippen LogP contribution in [0.2, 0.25) is 0 Å². The highest BCUT2D eigenvalue weighted by Crippen LogP contribution is 2.54. The first-order chi connectivity index (χ1) is 14.6. The van der Waals surface area contributed by atoms with Crippen LogP contribution in [0.1, 0.15) is 28.1 Å². The summed E-state index contributed by atoms with van der Waals surface area (Å²) in [6, 6.07) is 14.5. The summed E-state index contributed by atoms with van der Waals surface area (Å²) in [5.41, 5.74) is 1.44. The van der Waals surface area contributed by atoms with Crippen LogP contribution in [-0.4, -0.2) is 60.3 Å². The van der Waals surface area contributed by atoms with Crippen molar-refractivity contribution in [3.8, 4) is 0 Å². The van der Waals surface area contributed by atoms with Gasteiger partial charge in [0.2, 0.25) is 0 Å². The molecule has 2 aromatic rings. The number of carboxylic acid groups (broad SMARTS) is 1. The maximum atomic E-state index is 12.3. The van der Waals surface area contributed by atoms with Gasteiger partial charge >= 0.3 is 0 Å². The van der Waals surface area contributed by atoms with Crippen LogP contribution in [0.5, 0.6) is 0 Å². The smallest absolute Gasteiger partial charge is 0.290 e. The van der Waals surface area contributed by atoms with Crippen LogP contribution >= 0.6 is 11.3 Å². The third-order valence-electron chi connectivity index (χ3n) is 6.66. The number of benzene rings is 1. The summed E-state index contributed by atoms with van der Waals surface area (Å²) < 4.78 is 6.51. The van der Waals surface area contributed by atoms with Gasteiger partial charge in [-0.15, -0.1) is 11.3 Å². The van der Waals surface area contributed by atoms with E-state index in [9.17, 15) is 4.79 Å². The Balaban J connectivity index is 0.000000687. The van der Waals surface area contributed by atoms with Gasteiger partial charge in [0, 0.05) is 38.0 Å². The van der Waals surface area contributed by atoms with E-state index in [1.165, 1.54) is 23.3 Å². The third-order valence-corrected chi connectivity index (χ3v) is 7.53. The molecule has 3 fully saturated rings. The molecular weight excluding hydrogens is 400 g/mol. The molecule has 4 atom stereocenters. The number of nitrogens with one attached hydrogen (secondary N) is 1. The summed E-state index contributed by atoms with van der Waals surface area (Å²) in [7, 11) is 0. The molecule has 1 amide bonds. The molecule has 3 saturated heterocycles. The van der Waals surface area contributed by atoms with Crippen LogP contribution in [0.15, 0.2) is 47.8 Å². The van der Waals surface area contributed by atoms with Crippen LogP contribution in [0.4, 0.5) is 0 Å². The number of carbonyl (C=O) groups excluding carboxylic acids is 1. The van der Waals surface area contributed by atoms with Crippen molar-refractivity contribution in [2.45, 2.75) is 31.0 Å². The molecular formula is C23H28N2O4S. The molecule has 5 rings (SSSR count). The summed E-state index contributed by atoms with van der Waals surface area (Å²) in [5.74, 6) is 1.06. The van der Waals surface area contributed by atoms with E-state index in [0.717, 1.165) is 43.9 Å². The van der Waals surface area contributed by atoms with E-state index >= 15 is 0 Å². The predicted molar refractivity (Wildman–Crippen MR) is 116 cm³/mol. The Morgan fingerprint density at radius 3 is 2.83 bits per heavy atom. The molecule has 6 nitrogen and oxygen atoms in total. The molecule has 0 radical (unpaired) electrons. The molecule has 3 aliphatic heterocycles. The van der Waals surface area contributed by atoms with Gasteiger partial charge in [-0.25, -0.2) is 0 Å². The Morgan fingerprint density at radius 2 is 2.10 bits per heavy atom. The monoisotopic (exact) mass is 428 g/mol. The second kappa shape index (κ2) is 9.29. The lowest BCUT2D eigenvalue weighted by Crippen LogP contribution is -2.41. The van der Waals surface area contributed by atoms with Gasteiger partial charge in [-0.3, -0.25) is 14.5 Å². The average Bonchev–Trinajstić information content (AvgIpc) is 3.53. The number of amides is 1. The molecule has 30 heavy (non-hydrogen) atoms. The summed E-state index contributed by atoms with van der Waals surface area (Å²) in [4.78, 5) is 24.1. The van der Waals surface area contributed by atoms with Gasteiger partial charge in [0.15, 0.2) is 0 Å². The Morgan fingerprint density at radius 1 is 1.30 bits per heavy atom. The Kier molecular flexibility index (Phi) is 6.51. The largest absolute Gasteiger partial charge is 0.483 e. The topological polar surface area (TPSA) is 78.9 Å². The minimum Gasteiger partial charge on any atom is -0.483 e. The molecule has 2 bridgehead atoms. The number of fused-ring (bicyclic) bond motifs is 1. The van der Waals surface area contributed by atoms with Gasteiger partial charge < -0.3 is 15.2 Å². The number of hydrogen-bond donors (Lipinski definition) is 2. The van der Waals surface area contributed by atoms with Crippen molar-refractivity contribution in [2.24, 2.45) is 11.8 Å². The van der Waals surface area contributed by atoms with Crippen molar-refractivity contribution in [2.75, 3.05) is 26.2 Å². The lowest BCUT2D eigenvalue weighted by atomic mass is 9.73. The lowest BCUT2D eigenvalue weighted by Gasteiger charge is -2.29. The number of nitrogens with zero attached hydrogens (tertiary/aromatic N) is 1. The minimum absolute atomic E-state index is 0.0413. The van der Waals surface area contributed by atoms with Crippen LogP contribution in [0.3, 0.4) is 0 Å². The molecule has 1 spiro atoms. The molecule has 0 aliphatic carbocycles. The van der Waals surface area contributed by atoms with Crippen molar-refractivity contribution < 1.29 is 19.4 Å². The first kappa shape index (κ1) is 21.0. The minimum atomic E-state index is -0.250. The zero-order chi connectivity index (χ0) is 21.0. The number of likely N-dealkylation sites (tertiary alicyclic amines) is 1. The molecule has 2 N–H and O–H groups in total. The van der Waals surface area contributed by atoms with Crippen LogP contribution in [0.25, 0.3) is 0 Å². The summed E-state index contributed by atoms with van der Waals surface area (Å²) >= 11 is 1.50. The summed E-state index contributed by atoms with van der Waals surface area (Å²) in [6.45, 7) is 3.73. The second-order valence-electron chi connectivity index (χ2n) is 8.29. The van der Waals surface area contributed by atoms with E-state index in [0.29, 0.717) is 17.9 Å². The molecule has 3 aliphatic rings. The highest BCUT2D eigenvalue weighted by atomic mass is 32.1. The zero-order valence-corrected chi connectivity index (χ0v) is 17.7. The van der Waals surface area contributed by atoms with Gasteiger partial charge in [-0.2, -0.15) is 0 Å². The fourth-order valence-electron chi connectivity index (χ4n) is 5.37. The lowest BCUT2D eigenvalue weighted by molar-refractivity contribution is -0.122. The van der Waals surface area contributed by atoms with E-state index < -0.39 is 0 Å². The molecule has 0 saturated carbocycles. The van der Waals surface area contributed by atoms with E-state index in [1.54, 1.807) is 0 Å². The van der Waals surface area contributed by atoms with Crippen LogP contribution < -0.4 is 5.32 Å². The highest BCUT2D eigenvalue weighted by molar-refractivity contribution is 7.12. The van der Waals surface area contributed by atoms with Gasteiger partial charge in [-0.05, 0) is 36.3 Å². The molecule has 1 aromatic heterocycles. The first-order valence-corrected chi connectivity index (χ1v) is 11.4. The van der Waals surface area contributed by atoms with Crippen LogP contribution in [0, 0.1) is 11.8 Å². The quantitative estimate of drug-likeness (QED) is 0.692. The summed E-state index contributed by atoms with van der Waals surface area (Å²) in [6.07, 6.45) is 3.74. The van der Waals surface area contributed by atoms with E-state index in [-0.39, 0.29) is 18.0 Å². The standard InChI is InChI=1S/C22H26N2O2S.CH2O2/c25-21(20-7-4-12-27-20)23-13-17-18-14-24(11-9-16-5-2-1-3-6-16)15-22(18)10-8-19(17)26-22;2-1-3/h1-7,12,17-19H,8-11,13-15H2,(H,23,25);1H,(H,2,3)/t17-,18+,19+,22+;/m0./s1. The molecule has 1 aromatic carbocycles. The van der Waals surface area contributed by atoms with Gasteiger partial charge in [0.25, 0.3) is 12.4 Å². The van der Waals surface area contributed by atoms with Gasteiger partial charge in [0.05, 0.1) is 16.6 Å². The fraction of sp³-hybridized carbons (Fsp3) is 0.478. The predicted octanol–water partition coefficient (Wildman–Crippen LogP) is 2.90. The van der Waals surface area contributed by atoms with E-state index in [1.807, 2.05) is 17.5 Å². The number of thiophene rings is 1. The number of ether oxygens (including phenoxy) is 1. The number of carbonyl (C=O) groups is 2. The Hall–Kier alpha value is -2.22. The molecule has 160 valence electrons. The van der Waals surface area contributed by atoms with Gasteiger partial charge in [-0.1, -0.05) is 36.4 Å². The molecule has 7 heteroatoms. The van der Waals surface area contributed by atoms with Gasteiger partial charge in [0.1, 0.15) is 0 Å². The average molecular weight is 429 g/mol.